The number of amides is 1. The molecule has 1 amide bonds. The zero-order valence-corrected chi connectivity index (χ0v) is 16.5. The van der Waals surface area contributed by atoms with E-state index in [1.807, 2.05) is 19.9 Å². The molecule has 4 N–H and O–H groups in total. The number of fused-ring (bicyclic) bond motifs is 1. The lowest BCUT2D eigenvalue weighted by Crippen LogP contribution is -2.62. The van der Waals surface area contributed by atoms with Crippen LogP contribution in [0.4, 0.5) is 0 Å². The molecule has 3 rings (SSSR count). The topological polar surface area (TPSA) is 116 Å². The van der Waals surface area contributed by atoms with Crippen LogP contribution in [0.15, 0.2) is 23.8 Å². The quantitative estimate of drug-likeness (QED) is 0.590. The first-order chi connectivity index (χ1) is 13.0. The Labute approximate surface area is 164 Å². The minimum absolute atomic E-state index is 0.108. The standard InChI is InChI=1S/C21H27NO6/c1-10-5-6-15-19(18(10)25)28-16(9-21(15,4)22-12(3)23)13-7-11(2)17(24)14(8-13)20(26)27/h5,7-8,15-16,18-19,24-25H,6,9H2,1-4H3,(H,22,23)(H,26,27)/t15-,16+,18-,19-,21+/m1/s1. The molecular formula is C21H27NO6. The Morgan fingerprint density at radius 3 is 2.57 bits per heavy atom. The number of ether oxygens (including phenoxy) is 1. The van der Waals surface area contributed by atoms with Gasteiger partial charge in [0.25, 0.3) is 0 Å². The molecule has 1 aromatic carbocycles. The zero-order chi connectivity index (χ0) is 20.8. The third-order valence-corrected chi connectivity index (χ3v) is 6.00. The number of aliphatic hydroxyl groups excluding tert-OH is 1. The van der Waals surface area contributed by atoms with Crippen LogP contribution >= 0.6 is 0 Å². The number of carbonyl (C=O) groups excluding carboxylic acids is 1. The Morgan fingerprint density at radius 1 is 1.29 bits per heavy atom. The monoisotopic (exact) mass is 389 g/mol. The number of hydrogen-bond donors (Lipinski definition) is 4. The molecule has 0 spiro atoms. The van der Waals surface area contributed by atoms with Crippen molar-refractivity contribution in [2.45, 2.75) is 64.4 Å². The smallest absolute Gasteiger partial charge is 0.339 e. The fourth-order valence-corrected chi connectivity index (χ4v) is 4.51. The molecule has 28 heavy (non-hydrogen) atoms. The number of rotatable bonds is 3. The zero-order valence-electron chi connectivity index (χ0n) is 16.5. The van der Waals surface area contributed by atoms with Crippen molar-refractivity contribution in [3.05, 3.63) is 40.5 Å². The third kappa shape index (κ3) is 3.52. The van der Waals surface area contributed by atoms with Gasteiger partial charge in [-0.1, -0.05) is 6.08 Å². The van der Waals surface area contributed by atoms with Crippen molar-refractivity contribution in [2.75, 3.05) is 0 Å². The molecule has 0 saturated carbocycles. The van der Waals surface area contributed by atoms with Gasteiger partial charge in [0.15, 0.2) is 0 Å². The predicted octanol–water partition coefficient (Wildman–Crippen LogP) is 2.45. The van der Waals surface area contributed by atoms with Gasteiger partial charge in [0, 0.05) is 24.8 Å². The van der Waals surface area contributed by atoms with E-state index >= 15 is 0 Å². The van der Waals surface area contributed by atoms with E-state index in [0.29, 0.717) is 24.0 Å². The Kier molecular flexibility index (Phi) is 5.25. The molecule has 152 valence electrons. The number of aryl methyl sites for hydroxylation is 1. The fourth-order valence-electron chi connectivity index (χ4n) is 4.51. The van der Waals surface area contributed by atoms with Crippen LogP contribution in [0.2, 0.25) is 0 Å². The molecule has 7 heteroatoms. The summed E-state index contributed by atoms with van der Waals surface area (Å²) in [6.07, 6.45) is 1.22. The Balaban J connectivity index is 2.05. The summed E-state index contributed by atoms with van der Waals surface area (Å²) < 4.78 is 6.25. The predicted molar refractivity (Wildman–Crippen MR) is 102 cm³/mol. The van der Waals surface area contributed by atoms with Crippen molar-refractivity contribution in [1.82, 2.24) is 5.32 Å². The van der Waals surface area contributed by atoms with Crippen LogP contribution in [-0.4, -0.2) is 44.9 Å². The summed E-state index contributed by atoms with van der Waals surface area (Å²) in [4.78, 5) is 23.4. The molecule has 2 aliphatic rings. The summed E-state index contributed by atoms with van der Waals surface area (Å²) in [5.41, 5.74) is 1.03. The van der Waals surface area contributed by atoms with Crippen LogP contribution in [0.3, 0.4) is 0 Å². The number of carboxylic acid groups (broad SMARTS) is 1. The summed E-state index contributed by atoms with van der Waals surface area (Å²) in [6, 6.07) is 3.10. The van der Waals surface area contributed by atoms with Crippen molar-refractivity contribution >= 4 is 11.9 Å². The van der Waals surface area contributed by atoms with Crippen molar-refractivity contribution in [3.8, 4) is 5.75 Å². The summed E-state index contributed by atoms with van der Waals surface area (Å²) in [5, 5.41) is 33.2. The lowest BCUT2D eigenvalue weighted by atomic mass is 9.68. The van der Waals surface area contributed by atoms with E-state index in [9.17, 15) is 24.9 Å². The van der Waals surface area contributed by atoms with Gasteiger partial charge in [-0.3, -0.25) is 4.79 Å². The van der Waals surface area contributed by atoms with E-state index in [1.54, 1.807) is 13.0 Å². The minimum Gasteiger partial charge on any atom is -0.507 e. The normalized spacial score (nSPS) is 32.2. The van der Waals surface area contributed by atoms with E-state index in [4.69, 9.17) is 4.74 Å². The van der Waals surface area contributed by atoms with Crippen LogP contribution in [0.25, 0.3) is 0 Å². The molecular weight excluding hydrogens is 362 g/mol. The van der Waals surface area contributed by atoms with Crippen LogP contribution in [0, 0.1) is 12.8 Å². The number of phenols is 1. The molecule has 0 bridgehead atoms. The number of aliphatic hydroxyl groups is 1. The molecule has 1 saturated heterocycles. The number of aromatic hydroxyl groups is 1. The molecule has 1 aliphatic carbocycles. The highest BCUT2D eigenvalue weighted by molar-refractivity contribution is 5.91. The highest BCUT2D eigenvalue weighted by Gasteiger charge is 2.51. The Hall–Kier alpha value is -2.38. The average Bonchev–Trinajstić information content (AvgIpc) is 2.59. The number of benzene rings is 1. The molecule has 1 fully saturated rings. The fraction of sp³-hybridized carbons (Fsp3) is 0.524. The molecule has 1 aromatic rings. The Bertz CT molecular complexity index is 848. The summed E-state index contributed by atoms with van der Waals surface area (Å²) >= 11 is 0. The highest BCUT2D eigenvalue weighted by atomic mass is 16.5. The van der Waals surface area contributed by atoms with Crippen LogP contribution < -0.4 is 5.32 Å². The second-order valence-electron chi connectivity index (χ2n) is 8.17. The number of allylic oxidation sites excluding steroid dienone is 1. The molecule has 1 heterocycles. The van der Waals surface area contributed by atoms with E-state index in [0.717, 1.165) is 5.57 Å². The molecule has 1 aliphatic heterocycles. The summed E-state index contributed by atoms with van der Waals surface area (Å²) in [7, 11) is 0. The summed E-state index contributed by atoms with van der Waals surface area (Å²) in [6.45, 7) is 6.87. The van der Waals surface area contributed by atoms with Gasteiger partial charge in [0.2, 0.25) is 5.91 Å². The van der Waals surface area contributed by atoms with Gasteiger partial charge >= 0.3 is 5.97 Å². The van der Waals surface area contributed by atoms with E-state index in [1.165, 1.54) is 13.0 Å². The van der Waals surface area contributed by atoms with Gasteiger partial charge in [-0.15, -0.1) is 0 Å². The van der Waals surface area contributed by atoms with Gasteiger partial charge < -0.3 is 25.4 Å². The first-order valence-corrected chi connectivity index (χ1v) is 9.39. The number of carboxylic acids is 1. The first kappa shape index (κ1) is 20.4. The highest BCUT2D eigenvalue weighted by Crippen LogP contribution is 2.47. The number of nitrogens with one attached hydrogen (secondary N) is 1. The summed E-state index contributed by atoms with van der Waals surface area (Å²) in [5.74, 6) is -1.78. The van der Waals surface area contributed by atoms with Gasteiger partial charge in [-0.2, -0.15) is 0 Å². The van der Waals surface area contributed by atoms with Crippen molar-refractivity contribution in [1.29, 1.82) is 0 Å². The maximum atomic E-state index is 11.9. The number of hydrogen-bond acceptors (Lipinski definition) is 5. The van der Waals surface area contributed by atoms with Crippen molar-refractivity contribution < 1.29 is 29.6 Å². The average molecular weight is 389 g/mol. The Morgan fingerprint density at radius 2 is 1.96 bits per heavy atom. The SMILES string of the molecule is CC(=O)N[C@@]1(C)C[C@@H](c2cc(C)c(O)c(C(=O)O)c2)O[C@H]2[C@H](O)C(C)=CC[C@H]21. The maximum absolute atomic E-state index is 11.9. The third-order valence-electron chi connectivity index (χ3n) is 6.00. The number of carbonyl (C=O) groups is 2. The van der Waals surface area contributed by atoms with Gasteiger partial charge in [-0.25, -0.2) is 4.79 Å². The molecule has 0 radical (unpaired) electrons. The first-order valence-electron chi connectivity index (χ1n) is 9.39. The van der Waals surface area contributed by atoms with E-state index in [2.05, 4.69) is 5.32 Å². The molecule has 0 unspecified atom stereocenters. The minimum atomic E-state index is -1.22. The lowest BCUT2D eigenvalue weighted by Gasteiger charge is -2.52. The molecule has 7 nitrogen and oxygen atoms in total. The van der Waals surface area contributed by atoms with Gasteiger partial charge in [-0.05, 0) is 56.0 Å². The largest absolute Gasteiger partial charge is 0.507 e. The van der Waals surface area contributed by atoms with E-state index < -0.39 is 29.8 Å². The van der Waals surface area contributed by atoms with Crippen molar-refractivity contribution in [2.24, 2.45) is 5.92 Å². The van der Waals surface area contributed by atoms with Crippen molar-refractivity contribution in [3.63, 3.8) is 0 Å². The molecule has 0 aromatic heterocycles. The number of aromatic carboxylic acids is 1. The lowest BCUT2D eigenvalue weighted by molar-refractivity contribution is -0.165. The molecule has 5 atom stereocenters. The second-order valence-corrected chi connectivity index (χ2v) is 8.17. The van der Waals surface area contributed by atoms with Crippen LogP contribution in [0.5, 0.6) is 5.75 Å². The van der Waals surface area contributed by atoms with Gasteiger partial charge in [0.1, 0.15) is 17.4 Å². The maximum Gasteiger partial charge on any atom is 0.339 e. The van der Waals surface area contributed by atoms with Gasteiger partial charge in [0.05, 0.1) is 12.2 Å². The second kappa shape index (κ2) is 7.22. The van der Waals surface area contributed by atoms with Crippen LogP contribution in [0.1, 0.15) is 61.2 Å². The van der Waals surface area contributed by atoms with E-state index in [-0.39, 0.29) is 23.1 Å². The van der Waals surface area contributed by atoms with Crippen LogP contribution in [-0.2, 0) is 9.53 Å².